The molecule has 0 unspecified atom stereocenters. The van der Waals surface area contributed by atoms with Crippen LogP contribution >= 0.6 is 11.8 Å². The van der Waals surface area contributed by atoms with E-state index >= 15 is 0 Å². The van der Waals surface area contributed by atoms with Gasteiger partial charge in [0.05, 0.1) is 0 Å². The molecule has 1 N–H and O–H groups in total. The molecule has 0 heterocycles. The molecule has 0 amide bonds. The van der Waals surface area contributed by atoms with Gasteiger partial charge in [-0.25, -0.2) is 4.39 Å². The van der Waals surface area contributed by atoms with Crippen LogP contribution in [0.15, 0.2) is 59.5 Å². The van der Waals surface area contributed by atoms with Crippen molar-refractivity contribution >= 4 is 17.5 Å². The first kappa shape index (κ1) is 15.7. The first-order valence-electron chi connectivity index (χ1n) is 6.65. The van der Waals surface area contributed by atoms with Crippen molar-refractivity contribution in [3.63, 3.8) is 0 Å². The lowest BCUT2D eigenvalue weighted by Gasteiger charge is -2.25. The molecule has 0 radical (unpaired) electrons. The Morgan fingerprint density at radius 1 is 1.14 bits per heavy atom. The highest BCUT2D eigenvalue weighted by Crippen LogP contribution is 2.26. The fourth-order valence-electron chi connectivity index (χ4n) is 1.94. The molecule has 0 aliphatic carbocycles. The molecule has 0 aliphatic heterocycles. The van der Waals surface area contributed by atoms with Crippen molar-refractivity contribution in [1.29, 1.82) is 0 Å². The average Bonchev–Trinajstić information content (AvgIpc) is 2.47. The number of carbonyl (C=O) groups excluding carboxylic acids is 1. The van der Waals surface area contributed by atoms with E-state index in [0.717, 1.165) is 10.5 Å². The molecule has 2 nitrogen and oxygen atoms in total. The largest absolute Gasteiger partial charge is 0.381 e. The van der Waals surface area contributed by atoms with E-state index in [1.54, 1.807) is 12.1 Å². The highest BCUT2D eigenvalue weighted by Gasteiger charge is 2.32. The zero-order valence-corrected chi connectivity index (χ0v) is 12.6. The minimum Gasteiger partial charge on any atom is -0.381 e. The van der Waals surface area contributed by atoms with Crippen LogP contribution in [0.3, 0.4) is 0 Å². The number of Topliss-reactive ketones (excluding diaryl/α,β-unsaturated/α-hetero) is 1. The van der Waals surface area contributed by atoms with Gasteiger partial charge in [0.1, 0.15) is 11.4 Å². The average molecular weight is 304 g/mol. The van der Waals surface area contributed by atoms with Gasteiger partial charge in [-0.2, -0.15) is 0 Å². The van der Waals surface area contributed by atoms with Crippen LogP contribution in [-0.4, -0.2) is 22.2 Å². The summed E-state index contributed by atoms with van der Waals surface area (Å²) in [6.07, 6.45) is 0.275. The monoisotopic (exact) mass is 304 g/mol. The number of aliphatic hydroxyl groups is 1. The second-order valence-corrected chi connectivity index (χ2v) is 6.04. The standard InChI is InChI=1S/C17H17FO2S/c1-13(19)17(20,11-14-5-3-2-4-6-14)12-21-16-9-7-15(18)8-10-16/h2-10,20H,11-12H2,1H3/t17-/m0/s1. The predicted molar refractivity (Wildman–Crippen MR) is 82.9 cm³/mol. The van der Waals surface area contributed by atoms with Gasteiger partial charge in [-0.15, -0.1) is 11.8 Å². The van der Waals surface area contributed by atoms with Crippen LogP contribution < -0.4 is 0 Å². The second kappa shape index (κ2) is 6.87. The Hall–Kier alpha value is -1.65. The molecule has 0 saturated heterocycles. The first-order valence-corrected chi connectivity index (χ1v) is 7.64. The Kier molecular flexibility index (Phi) is 5.15. The third-order valence-electron chi connectivity index (χ3n) is 3.29. The summed E-state index contributed by atoms with van der Waals surface area (Å²) in [6.45, 7) is 1.40. The minimum absolute atomic E-state index is 0.239. The van der Waals surface area contributed by atoms with Gasteiger partial charge in [-0.1, -0.05) is 30.3 Å². The summed E-state index contributed by atoms with van der Waals surface area (Å²) in [5.74, 6) is -0.325. The lowest BCUT2D eigenvalue weighted by molar-refractivity contribution is -0.132. The molecule has 0 spiro atoms. The molecule has 2 rings (SSSR count). The Labute approximate surface area is 128 Å². The summed E-state index contributed by atoms with van der Waals surface area (Å²) >= 11 is 1.35. The summed E-state index contributed by atoms with van der Waals surface area (Å²) in [4.78, 5) is 12.6. The molecule has 1 atom stereocenters. The van der Waals surface area contributed by atoms with Crippen molar-refractivity contribution < 1.29 is 14.3 Å². The molecule has 21 heavy (non-hydrogen) atoms. The highest BCUT2D eigenvalue weighted by atomic mass is 32.2. The number of hydrogen-bond acceptors (Lipinski definition) is 3. The summed E-state index contributed by atoms with van der Waals surface area (Å²) in [6, 6.07) is 15.4. The van der Waals surface area contributed by atoms with Gasteiger partial charge in [0, 0.05) is 17.1 Å². The van der Waals surface area contributed by atoms with Crippen molar-refractivity contribution in [2.45, 2.75) is 23.8 Å². The van der Waals surface area contributed by atoms with Crippen molar-refractivity contribution in [1.82, 2.24) is 0 Å². The van der Waals surface area contributed by atoms with Crippen LogP contribution in [0, 0.1) is 5.82 Å². The van der Waals surface area contributed by atoms with Crippen molar-refractivity contribution in [2.75, 3.05) is 5.75 Å². The van der Waals surface area contributed by atoms with Gasteiger partial charge in [0.2, 0.25) is 0 Å². The first-order chi connectivity index (χ1) is 9.99. The van der Waals surface area contributed by atoms with Gasteiger partial charge in [-0.05, 0) is 36.8 Å². The van der Waals surface area contributed by atoms with E-state index in [1.807, 2.05) is 30.3 Å². The third-order valence-corrected chi connectivity index (χ3v) is 4.51. The van der Waals surface area contributed by atoms with Gasteiger partial charge < -0.3 is 5.11 Å². The molecule has 0 fully saturated rings. The fourth-order valence-corrected chi connectivity index (χ4v) is 2.98. The van der Waals surface area contributed by atoms with Crippen LogP contribution in [0.4, 0.5) is 4.39 Å². The number of thioether (sulfide) groups is 1. The minimum atomic E-state index is -1.42. The van der Waals surface area contributed by atoms with Crippen molar-refractivity contribution in [3.8, 4) is 0 Å². The number of carbonyl (C=O) groups is 1. The molecule has 0 saturated carbocycles. The third kappa shape index (κ3) is 4.41. The SMILES string of the molecule is CC(=O)[C@@](O)(CSc1ccc(F)cc1)Cc1ccccc1. The lowest BCUT2D eigenvalue weighted by Crippen LogP contribution is -2.42. The highest BCUT2D eigenvalue weighted by molar-refractivity contribution is 7.99. The smallest absolute Gasteiger partial charge is 0.162 e. The van der Waals surface area contributed by atoms with Gasteiger partial charge >= 0.3 is 0 Å². The maximum atomic E-state index is 12.9. The predicted octanol–water partition coefficient (Wildman–Crippen LogP) is 3.48. The van der Waals surface area contributed by atoms with Crippen LogP contribution in [0.25, 0.3) is 0 Å². The fraction of sp³-hybridized carbons (Fsp3) is 0.235. The molecular weight excluding hydrogens is 287 g/mol. The van der Waals surface area contributed by atoms with Gasteiger partial charge in [-0.3, -0.25) is 4.79 Å². The quantitative estimate of drug-likeness (QED) is 0.830. The summed E-state index contributed by atoms with van der Waals surface area (Å²) in [5.41, 5.74) is -0.504. The van der Waals surface area contributed by atoms with E-state index in [0.29, 0.717) is 0 Å². The van der Waals surface area contributed by atoms with Crippen LogP contribution in [0.2, 0.25) is 0 Å². The number of ketones is 1. The summed E-state index contributed by atoms with van der Waals surface area (Å²) in [5, 5.41) is 10.6. The molecule has 2 aromatic rings. The maximum Gasteiger partial charge on any atom is 0.162 e. The van der Waals surface area contributed by atoms with E-state index in [9.17, 15) is 14.3 Å². The number of hydrogen-bond donors (Lipinski definition) is 1. The number of benzene rings is 2. The molecule has 110 valence electrons. The molecule has 2 aromatic carbocycles. The molecular formula is C17H17FO2S. The van der Waals surface area contributed by atoms with E-state index in [-0.39, 0.29) is 23.8 Å². The Bertz CT molecular complexity index is 598. The number of halogens is 1. The van der Waals surface area contributed by atoms with E-state index < -0.39 is 5.60 Å². The zero-order valence-electron chi connectivity index (χ0n) is 11.8. The van der Waals surface area contributed by atoms with Crippen molar-refractivity contribution in [3.05, 3.63) is 66.0 Å². The van der Waals surface area contributed by atoms with Crippen molar-refractivity contribution in [2.24, 2.45) is 0 Å². The van der Waals surface area contributed by atoms with Crippen LogP contribution in [0.1, 0.15) is 12.5 Å². The van der Waals surface area contributed by atoms with Gasteiger partial charge in [0.25, 0.3) is 0 Å². The lowest BCUT2D eigenvalue weighted by atomic mass is 9.93. The Morgan fingerprint density at radius 2 is 1.76 bits per heavy atom. The van der Waals surface area contributed by atoms with Gasteiger partial charge in [0.15, 0.2) is 5.78 Å². The van der Waals surface area contributed by atoms with E-state index in [2.05, 4.69) is 0 Å². The molecule has 0 aromatic heterocycles. The zero-order chi connectivity index (χ0) is 15.3. The molecule has 0 aliphatic rings. The molecule has 0 bridgehead atoms. The topological polar surface area (TPSA) is 37.3 Å². The Balaban J connectivity index is 2.07. The summed E-state index contributed by atoms with van der Waals surface area (Å²) in [7, 11) is 0. The molecule has 4 heteroatoms. The number of rotatable bonds is 6. The Morgan fingerprint density at radius 3 is 2.33 bits per heavy atom. The summed E-state index contributed by atoms with van der Waals surface area (Å²) < 4.78 is 12.9. The van der Waals surface area contributed by atoms with Crippen LogP contribution in [-0.2, 0) is 11.2 Å². The maximum absolute atomic E-state index is 12.9. The normalized spacial score (nSPS) is 13.7. The second-order valence-electron chi connectivity index (χ2n) is 4.99. The van der Waals surface area contributed by atoms with E-state index in [1.165, 1.54) is 30.8 Å². The van der Waals surface area contributed by atoms with E-state index in [4.69, 9.17) is 0 Å². The van der Waals surface area contributed by atoms with Crippen LogP contribution in [0.5, 0.6) is 0 Å².